The Morgan fingerprint density at radius 3 is 2.79 bits per heavy atom. The third-order valence-corrected chi connectivity index (χ3v) is 4.13. The number of carbonyl (C=O) groups excluding carboxylic acids is 1. The number of benzene rings is 2. The van der Waals surface area contributed by atoms with Gasteiger partial charge in [0, 0.05) is 18.4 Å². The SMILES string of the molecule is CCOc1ccc(-c2noc(CCCC(=O)Nc3ccccc3F)n2)cc1OC. The van der Waals surface area contributed by atoms with Crippen LogP contribution in [0.4, 0.5) is 10.1 Å². The van der Waals surface area contributed by atoms with Crippen LogP contribution in [0.15, 0.2) is 47.0 Å². The summed E-state index contributed by atoms with van der Waals surface area (Å²) in [5.74, 6) is 1.34. The van der Waals surface area contributed by atoms with Gasteiger partial charge in [0.1, 0.15) is 5.82 Å². The van der Waals surface area contributed by atoms with E-state index in [9.17, 15) is 9.18 Å². The average Bonchev–Trinajstić information content (AvgIpc) is 3.19. The molecule has 1 aromatic heterocycles. The lowest BCUT2D eigenvalue weighted by molar-refractivity contribution is -0.116. The number of amides is 1. The lowest BCUT2D eigenvalue weighted by Gasteiger charge is -2.09. The largest absolute Gasteiger partial charge is 0.493 e. The van der Waals surface area contributed by atoms with Gasteiger partial charge in [-0.2, -0.15) is 4.98 Å². The normalized spacial score (nSPS) is 10.6. The van der Waals surface area contributed by atoms with Crippen molar-refractivity contribution in [1.82, 2.24) is 10.1 Å². The summed E-state index contributed by atoms with van der Waals surface area (Å²) in [4.78, 5) is 16.3. The van der Waals surface area contributed by atoms with E-state index in [0.717, 1.165) is 5.56 Å². The summed E-state index contributed by atoms with van der Waals surface area (Å²) < 4.78 is 29.7. The fourth-order valence-electron chi connectivity index (χ4n) is 2.73. The lowest BCUT2D eigenvalue weighted by Crippen LogP contribution is -2.12. The van der Waals surface area contributed by atoms with Crippen molar-refractivity contribution in [2.75, 3.05) is 19.0 Å². The molecule has 3 rings (SSSR count). The number of halogens is 1. The number of hydrogen-bond acceptors (Lipinski definition) is 6. The third-order valence-electron chi connectivity index (χ3n) is 4.13. The summed E-state index contributed by atoms with van der Waals surface area (Å²) in [6.07, 6.45) is 1.14. The predicted octanol–water partition coefficient (Wildman–Crippen LogP) is 4.24. The topological polar surface area (TPSA) is 86.5 Å². The Morgan fingerprint density at radius 1 is 1.21 bits per heavy atom. The molecule has 29 heavy (non-hydrogen) atoms. The zero-order chi connectivity index (χ0) is 20.6. The van der Waals surface area contributed by atoms with Crippen LogP contribution in [0.3, 0.4) is 0 Å². The van der Waals surface area contributed by atoms with Gasteiger partial charge in [0.25, 0.3) is 0 Å². The van der Waals surface area contributed by atoms with Crippen LogP contribution >= 0.6 is 0 Å². The fraction of sp³-hybridized carbons (Fsp3) is 0.286. The number of para-hydroxylation sites is 1. The predicted molar refractivity (Wildman–Crippen MR) is 105 cm³/mol. The van der Waals surface area contributed by atoms with Gasteiger partial charge in [-0.05, 0) is 43.7 Å². The number of nitrogens with zero attached hydrogens (tertiary/aromatic N) is 2. The number of hydrogen-bond donors (Lipinski definition) is 1. The Bertz CT molecular complexity index is 974. The number of anilines is 1. The molecule has 0 atom stereocenters. The second kappa shape index (κ2) is 9.68. The highest BCUT2D eigenvalue weighted by molar-refractivity contribution is 5.90. The Morgan fingerprint density at radius 2 is 2.03 bits per heavy atom. The number of carbonyl (C=O) groups is 1. The molecular weight excluding hydrogens is 377 g/mol. The molecule has 0 bridgehead atoms. The van der Waals surface area contributed by atoms with E-state index in [0.29, 0.717) is 42.7 Å². The van der Waals surface area contributed by atoms with Crippen molar-refractivity contribution in [3.8, 4) is 22.9 Å². The van der Waals surface area contributed by atoms with Gasteiger partial charge < -0.3 is 19.3 Å². The quantitative estimate of drug-likeness (QED) is 0.579. The van der Waals surface area contributed by atoms with Crippen LogP contribution in [0, 0.1) is 5.82 Å². The maximum atomic E-state index is 13.6. The molecule has 1 N–H and O–H groups in total. The maximum Gasteiger partial charge on any atom is 0.226 e. The minimum atomic E-state index is -0.465. The van der Waals surface area contributed by atoms with Gasteiger partial charge in [-0.1, -0.05) is 17.3 Å². The number of nitrogens with one attached hydrogen (secondary N) is 1. The van der Waals surface area contributed by atoms with E-state index < -0.39 is 5.82 Å². The van der Waals surface area contributed by atoms with Crippen LogP contribution in [0.1, 0.15) is 25.7 Å². The molecule has 7 nitrogen and oxygen atoms in total. The van der Waals surface area contributed by atoms with Gasteiger partial charge in [-0.15, -0.1) is 0 Å². The van der Waals surface area contributed by atoms with Crippen LogP contribution in [-0.2, 0) is 11.2 Å². The lowest BCUT2D eigenvalue weighted by atomic mass is 10.2. The molecule has 152 valence electrons. The molecule has 1 heterocycles. The minimum absolute atomic E-state index is 0.169. The van der Waals surface area contributed by atoms with Crippen molar-refractivity contribution in [3.05, 3.63) is 54.2 Å². The maximum absolute atomic E-state index is 13.6. The molecule has 0 aliphatic heterocycles. The molecule has 0 saturated carbocycles. The highest BCUT2D eigenvalue weighted by Gasteiger charge is 2.13. The van der Waals surface area contributed by atoms with Crippen LogP contribution in [-0.4, -0.2) is 29.8 Å². The fourth-order valence-corrected chi connectivity index (χ4v) is 2.73. The van der Waals surface area contributed by atoms with E-state index in [2.05, 4.69) is 15.5 Å². The first kappa shape index (κ1) is 20.3. The highest BCUT2D eigenvalue weighted by Crippen LogP contribution is 2.31. The van der Waals surface area contributed by atoms with Gasteiger partial charge in [-0.3, -0.25) is 4.79 Å². The molecule has 0 aliphatic rings. The van der Waals surface area contributed by atoms with Gasteiger partial charge in [0.2, 0.25) is 17.6 Å². The molecule has 0 aliphatic carbocycles. The van der Waals surface area contributed by atoms with Crippen molar-refractivity contribution >= 4 is 11.6 Å². The summed E-state index contributed by atoms with van der Waals surface area (Å²) in [5, 5.41) is 6.53. The van der Waals surface area contributed by atoms with E-state index in [1.165, 1.54) is 12.1 Å². The molecular formula is C21H22FN3O4. The zero-order valence-corrected chi connectivity index (χ0v) is 16.3. The highest BCUT2D eigenvalue weighted by atomic mass is 19.1. The molecule has 2 aromatic carbocycles. The molecule has 0 saturated heterocycles. The number of rotatable bonds is 9. The van der Waals surface area contributed by atoms with Crippen molar-refractivity contribution < 1.29 is 23.2 Å². The van der Waals surface area contributed by atoms with E-state index >= 15 is 0 Å². The summed E-state index contributed by atoms with van der Waals surface area (Å²) in [6, 6.07) is 11.4. The summed E-state index contributed by atoms with van der Waals surface area (Å²) in [6.45, 7) is 2.43. The van der Waals surface area contributed by atoms with Crippen molar-refractivity contribution in [3.63, 3.8) is 0 Å². The van der Waals surface area contributed by atoms with Gasteiger partial charge in [0.05, 0.1) is 19.4 Å². The molecule has 8 heteroatoms. The van der Waals surface area contributed by atoms with Crippen LogP contribution in [0.5, 0.6) is 11.5 Å². The molecule has 0 radical (unpaired) electrons. The van der Waals surface area contributed by atoms with Crippen molar-refractivity contribution in [1.29, 1.82) is 0 Å². The molecule has 0 spiro atoms. The smallest absolute Gasteiger partial charge is 0.226 e. The summed E-state index contributed by atoms with van der Waals surface area (Å²) >= 11 is 0. The Kier molecular flexibility index (Phi) is 6.78. The van der Waals surface area contributed by atoms with Gasteiger partial charge in [0.15, 0.2) is 11.5 Å². The average molecular weight is 399 g/mol. The van der Waals surface area contributed by atoms with E-state index in [1.807, 2.05) is 13.0 Å². The Labute approximate surface area is 167 Å². The van der Waals surface area contributed by atoms with Crippen LogP contribution in [0.2, 0.25) is 0 Å². The van der Waals surface area contributed by atoms with Gasteiger partial charge in [-0.25, -0.2) is 4.39 Å². The van der Waals surface area contributed by atoms with Crippen molar-refractivity contribution in [2.45, 2.75) is 26.2 Å². The Hall–Kier alpha value is -3.42. The van der Waals surface area contributed by atoms with E-state index in [4.69, 9.17) is 14.0 Å². The zero-order valence-electron chi connectivity index (χ0n) is 16.3. The Balaban J connectivity index is 1.55. The standard InChI is InChI=1S/C21H22FN3O4/c1-3-28-17-12-11-14(13-18(17)27-2)21-24-20(29-25-21)10-6-9-19(26)23-16-8-5-4-7-15(16)22/h4-5,7-8,11-13H,3,6,9-10H2,1-2H3,(H,23,26). The van der Waals surface area contributed by atoms with Crippen LogP contribution < -0.4 is 14.8 Å². The first-order valence-electron chi connectivity index (χ1n) is 9.29. The first-order valence-corrected chi connectivity index (χ1v) is 9.29. The van der Waals surface area contributed by atoms with E-state index in [1.54, 1.807) is 31.4 Å². The van der Waals surface area contributed by atoms with Crippen LogP contribution in [0.25, 0.3) is 11.4 Å². The number of ether oxygens (including phenoxy) is 2. The number of aryl methyl sites for hydroxylation is 1. The third kappa shape index (κ3) is 5.31. The van der Waals surface area contributed by atoms with E-state index in [-0.39, 0.29) is 18.0 Å². The molecule has 1 amide bonds. The second-order valence-electron chi connectivity index (χ2n) is 6.19. The first-order chi connectivity index (χ1) is 14.1. The number of aromatic nitrogens is 2. The molecule has 0 fully saturated rings. The molecule has 0 unspecified atom stereocenters. The summed E-state index contributed by atoms with van der Waals surface area (Å²) in [5.41, 5.74) is 0.902. The second-order valence-corrected chi connectivity index (χ2v) is 6.19. The van der Waals surface area contributed by atoms with Gasteiger partial charge >= 0.3 is 0 Å². The monoisotopic (exact) mass is 399 g/mol. The summed E-state index contributed by atoms with van der Waals surface area (Å²) in [7, 11) is 1.57. The van der Waals surface area contributed by atoms with Crippen molar-refractivity contribution in [2.24, 2.45) is 0 Å². The molecule has 3 aromatic rings. The number of methoxy groups -OCH3 is 1. The minimum Gasteiger partial charge on any atom is -0.493 e.